The average molecular weight is 447 g/mol. The molecule has 0 unspecified atom stereocenters. The van der Waals surface area contributed by atoms with E-state index in [1.807, 2.05) is 12.1 Å². The Hall–Kier alpha value is -3.41. The molecule has 0 bridgehead atoms. The van der Waals surface area contributed by atoms with E-state index in [1.165, 1.54) is 18.6 Å². The summed E-state index contributed by atoms with van der Waals surface area (Å²) < 4.78 is 51.3. The zero-order valence-corrected chi connectivity index (χ0v) is 17.3. The van der Waals surface area contributed by atoms with Crippen molar-refractivity contribution in [3.63, 3.8) is 0 Å². The van der Waals surface area contributed by atoms with Crippen molar-refractivity contribution in [3.8, 4) is 0 Å². The monoisotopic (exact) mass is 447 g/mol. The lowest BCUT2D eigenvalue weighted by Gasteiger charge is -2.10. The molecule has 1 N–H and O–H groups in total. The molecule has 12 heteroatoms. The van der Waals surface area contributed by atoms with Gasteiger partial charge < -0.3 is 5.32 Å². The van der Waals surface area contributed by atoms with E-state index in [2.05, 4.69) is 25.5 Å². The molecule has 0 aliphatic heterocycles. The zero-order chi connectivity index (χ0) is 22.0. The predicted molar refractivity (Wildman–Crippen MR) is 111 cm³/mol. The maximum Gasteiger partial charge on any atom is 0.257 e. The van der Waals surface area contributed by atoms with Gasteiger partial charge in [0.25, 0.3) is 6.43 Å². The van der Waals surface area contributed by atoms with Gasteiger partial charge in [-0.2, -0.15) is 15.2 Å². The minimum absolute atomic E-state index is 0.0627. The number of fused-ring (bicyclic) bond motifs is 1. The lowest BCUT2D eigenvalue weighted by Crippen LogP contribution is -2.09. The predicted octanol–water partition coefficient (Wildman–Crippen LogP) is 2.62. The molecule has 0 radical (unpaired) electrons. The average Bonchev–Trinajstić information content (AvgIpc) is 3.28. The summed E-state index contributed by atoms with van der Waals surface area (Å²) in [6.45, 7) is -0.167. The first-order chi connectivity index (χ1) is 14.8. The molecule has 162 valence electrons. The van der Waals surface area contributed by atoms with E-state index in [0.717, 1.165) is 10.2 Å². The molecule has 0 saturated heterocycles. The number of halogens is 2. The number of rotatable bonds is 8. The van der Waals surface area contributed by atoms with Gasteiger partial charge in [-0.05, 0) is 11.1 Å². The second-order valence-electron chi connectivity index (χ2n) is 7.08. The maximum atomic E-state index is 12.5. The fraction of sp³-hybridized carbons (Fsp3) is 0.263. The minimum atomic E-state index is -3.19. The number of aromatic nitrogens is 6. The van der Waals surface area contributed by atoms with Gasteiger partial charge in [-0.25, -0.2) is 26.9 Å². The molecule has 0 saturated carbocycles. The van der Waals surface area contributed by atoms with Crippen LogP contribution >= 0.6 is 0 Å². The van der Waals surface area contributed by atoms with Crippen molar-refractivity contribution in [2.24, 2.45) is 0 Å². The molecule has 0 aliphatic carbocycles. The van der Waals surface area contributed by atoms with Crippen LogP contribution in [0.2, 0.25) is 0 Å². The van der Waals surface area contributed by atoms with Crippen molar-refractivity contribution in [1.29, 1.82) is 0 Å². The standard InChI is InChI=1S/C19H19F2N7O2S/c1-31(29,30)12-14-5-3-2-4-13(14)9-28-18-15(7-24-28)6-22-19(26-18)25-16-8-23-27(10-16)11-17(20)21/h2-8,10,17H,9,11-12H2,1H3,(H,22,25,26). The van der Waals surface area contributed by atoms with Crippen LogP contribution in [-0.2, 0) is 28.7 Å². The Labute approximate surface area is 176 Å². The highest BCUT2D eigenvalue weighted by atomic mass is 32.2. The fourth-order valence-corrected chi connectivity index (χ4v) is 3.98. The summed E-state index contributed by atoms with van der Waals surface area (Å²) in [7, 11) is -3.19. The normalized spacial score (nSPS) is 12.0. The molecule has 3 aromatic heterocycles. The van der Waals surface area contributed by atoms with Gasteiger partial charge in [-0.1, -0.05) is 24.3 Å². The zero-order valence-electron chi connectivity index (χ0n) is 16.5. The van der Waals surface area contributed by atoms with Gasteiger partial charge >= 0.3 is 0 Å². The maximum absolute atomic E-state index is 12.5. The van der Waals surface area contributed by atoms with Crippen LogP contribution in [0.5, 0.6) is 0 Å². The Kier molecular flexibility index (Phi) is 5.63. The Bertz CT molecular complexity index is 1320. The highest BCUT2D eigenvalue weighted by Crippen LogP contribution is 2.19. The molecule has 0 amide bonds. The van der Waals surface area contributed by atoms with Gasteiger partial charge in [-0.3, -0.25) is 4.68 Å². The van der Waals surface area contributed by atoms with E-state index >= 15 is 0 Å². The number of hydrogen-bond donors (Lipinski definition) is 1. The number of anilines is 2. The second kappa shape index (κ2) is 8.38. The van der Waals surface area contributed by atoms with Crippen LogP contribution in [0.1, 0.15) is 11.1 Å². The Morgan fingerprint density at radius 2 is 1.87 bits per heavy atom. The highest BCUT2D eigenvalue weighted by Gasteiger charge is 2.13. The molecule has 9 nitrogen and oxygen atoms in total. The molecular weight excluding hydrogens is 428 g/mol. The molecule has 0 aliphatic rings. The van der Waals surface area contributed by atoms with E-state index in [4.69, 9.17) is 0 Å². The third kappa shape index (κ3) is 5.20. The van der Waals surface area contributed by atoms with Crippen LogP contribution < -0.4 is 5.32 Å². The van der Waals surface area contributed by atoms with E-state index in [-0.39, 0.29) is 11.7 Å². The van der Waals surface area contributed by atoms with E-state index < -0.39 is 22.8 Å². The lowest BCUT2D eigenvalue weighted by atomic mass is 10.1. The lowest BCUT2D eigenvalue weighted by molar-refractivity contribution is 0.122. The summed E-state index contributed by atoms with van der Waals surface area (Å²) in [5.74, 6) is 0.197. The summed E-state index contributed by atoms with van der Waals surface area (Å²) in [5.41, 5.74) is 2.54. The molecule has 1 aromatic carbocycles. The number of nitrogens with one attached hydrogen (secondary N) is 1. The van der Waals surface area contributed by atoms with E-state index in [9.17, 15) is 17.2 Å². The number of hydrogen-bond acceptors (Lipinski definition) is 7. The third-order valence-corrected chi connectivity index (χ3v) is 5.28. The molecule has 4 aromatic rings. The topological polar surface area (TPSA) is 108 Å². The summed E-state index contributed by atoms with van der Waals surface area (Å²) in [6.07, 6.45) is 4.77. The Morgan fingerprint density at radius 3 is 2.61 bits per heavy atom. The number of nitrogens with zero attached hydrogens (tertiary/aromatic N) is 6. The van der Waals surface area contributed by atoms with Crippen LogP contribution in [-0.4, -0.2) is 50.6 Å². The van der Waals surface area contributed by atoms with E-state index in [1.54, 1.807) is 29.2 Å². The first-order valence-electron chi connectivity index (χ1n) is 9.27. The number of alkyl halides is 2. The van der Waals surface area contributed by atoms with Crippen LogP contribution in [0.4, 0.5) is 20.4 Å². The quantitative estimate of drug-likeness (QED) is 0.442. The van der Waals surface area contributed by atoms with Crippen molar-refractivity contribution >= 4 is 32.5 Å². The van der Waals surface area contributed by atoms with Crippen LogP contribution in [0.3, 0.4) is 0 Å². The highest BCUT2D eigenvalue weighted by molar-refractivity contribution is 7.89. The van der Waals surface area contributed by atoms with Gasteiger partial charge in [0.15, 0.2) is 15.5 Å². The Morgan fingerprint density at radius 1 is 1.10 bits per heavy atom. The molecule has 0 fully saturated rings. The molecular formula is C19H19F2N7O2S. The van der Waals surface area contributed by atoms with Crippen LogP contribution in [0, 0.1) is 0 Å². The number of sulfone groups is 1. The van der Waals surface area contributed by atoms with Crippen LogP contribution in [0.15, 0.2) is 49.1 Å². The van der Waals surface area contributed by atoms with Gasteiger partial charge in [0.2, 0.25) is 5.95 Å². The van der Waals surface area contributed by atoms with Crippen LogP contribution in [0.25, 0.3) is 11.0 Å². The van der Waals surface area contributed by atoms with Gasteiger partial charge in [0, 0.05) is 18.6 Å². The summed E-state index contributed by atoms with van der Waals surface area (Å²) >= 11 is 0. The third-order valence-electron chi connectivity index (χ3n) is 4.45. The first-order valence-corrected chi connectivity index (χ1v) is 11.3. The van der Waals surface area contributed by atoms with Gasteiger partial charge in [0.1, 0.15) is 6.54 Å². The van der Waals surface area contributed by atoms with Crippen molar-refractivity contribution in [2.45, 2.75) is 25.3 Å². The molecule has 31 heavy (non-hydrogen) atoms. The minimum Gasteiger partial charge on any atom is -0.321 e. The summed E-state index contributed by atoms with van der Waals surface area (Å²) in [4.78, 5) is 8.69. The first kappa shape index (κ1) is 20.8. The Balaban J connectivity index is 1.59. The van der Waals surface area contributed by atoms with Crippen molar-refractivity contribution < 1.29 is 17.2 Å². The van der Waals surface area contributed by atoms with E-state index in [0.29, 0.717) is 28.8 Å². The summed E-state index contributed by atoms with van der Waals surface area (Å²) in [5, 5.41) is 11.9. The van der Waals surface area contributed by atoms with Crippen molar-refractivity contribution in [3.05, 3.63) is 60.2 Å². The van der Waals surface area contributed by atoms with Crippen molar-refractivity contribution in [1.82, 2.24) is 29.5 Å². The molecule has 0 spiro atoms. The smallest absolute Gasteiger partial charge is 0.257 e. The molecule has 0 atom stereocenters. The van der Waals surface area contributed by atoms with Gasteiger partial charge in [0.05, 0.1) is 35.8 Å². The van der Waals surface area contributed by atoms with Crippen molar-refractivity contribution in [2.75, 3.05) is 11.6 Å². The van der Waals surface area contributed by atoms with Gasteiger partial charge in [-0.15, -0.1) is 0 Å². The SMILES string of the molecule is CS(=O)(=O)Cc1ccccc1Cn1ncc2cnc(Nc3cnn(CC(F)F)c3)nc21. The molecule has 4 rings (SSSR count). The fourth-order valence-electron chi connectivity index (χ4n) is 3.14. The summed E-state index contributed by atoms with van der Waals surface area (Å²) in [6, 6.07) is 7.27. The largest absolute Gasteiger partial charge is 0.321 e. The second-order valence-corrected chi connectivity index (χ2v) is 9.22. The number of benzene rings is 1. The molecule has 3 heterocycles.